The molecule has 180 valence electrons. The number of fused-ring (bicyclic) bond motifs is 1. The first-order valence-corrected chi connectivity index (χ1v) is 12.2. The highest BCUT2D eigenvalue weighted by Crippen LogP contribution is 2.36. The number of carbonyl (C=O) groups is 2. The minimum Gasteiger partial charge on any atom is -0.480 e. The van der Waals surface area contributed by atoms with Crippen LogP contribution in [0.4, 0.5) is 4.79 Å². The van der Waals surface area contributed by atoms with E-state index in [2.05, 4.69) is 22.1 Å². The summed E-state index contributed by atoms with van der Waals surface area (Å²) >= 11 is 6.11. The molecule has 2 saturated heterocycles. The molecule has 1 atom stereocenters. The van der Waals surface area contributed by atoms with E-state index in [0.29, 0.717) is 36.9 Å². The Hall–Kier alpha value is -2.25. The van der Waals surface area contributed by atoms with Crippen molar-refractivity contribution in [2.45, 2.75) is 64.0 Å². The van der Waals surface area contributed by atoms with E-state index < -0.39 is 17.6 Å². The summed E-state index contributed by atoms with van der Waals surface area (Å²) in [5.41, 5.74) is 1.80. The molecule has 1 aromatic heterocycles. The van der Waals surface area contributed by atoms with Crippen molar-refractivity contribution in [3.05, 3.63) is 35.0 Å². The molecule has 7 nitrogen and oxygen atoms in total. The fraction of sp³-hybridized carbons (Fsp3) is 0.600. The SMILES string of the molecule is CC(C)(C)OC(=O)N1CCC(C(C(=O)O)N2CCC(c3c[nH]c4cc(Cl)ccc34)CC2)CC1. The van der Waals surface area contributed by atoms with Gasteiger partial charge in [0, 0.05) is 35.2 Å². The molecular formula is C25H34ClN3O4. The lowest BCUT2D eigenvalue weighted by atomic mass is 9.84. The first-order chi connectivity index (χ1) is 15.6. The summed E-state index contributed by atoms with van der Waals surface area (Å²) in [5.74, 6) is -0.321. The van der Waals surface area contributed by atoms with E-state index in [1.54, 1.807) is 4.90 Å². The lowest BCUT2D eigenvalue weighted by Gasteiger charge is -2.42. The molecule has 2 N–H and O–H groups in total. The van der Waals surface area contributed by atoms with Crippen LogP contribution in [0.3, 0.4) is 0 Å². The highest BCUT2D eigenvalue weighted by molar-refractivity contribution is 6.31. The van der Waals surface area contributed by atoms with Gasteiger partial charge in [-0.2, -0.15) is 0 Å². The van der Waals surface area contributed by atoms with Crippen molar-refractivity contribution >= 4 is 34.6 Å². The molecule has 2 aliphatic rings. The number of benzene rings is 1. The molecular weight excluding hydrogens is 442 g/mol. The minimum absolute atomic E-state index is 0.0352. The van der Waals surface area contributed by atoms with Crippen molar-refractivity contribution in [3.8, 4) is 0 Å². The number of ether oxygens (including phenoxy) is 1. The van der Waals surface area contributed by atoms with Crippen molar-refractivity contribution in [1.29, 1.82) is 0 Å². The zero-order valence-electron chi connectivity index (χ0n) is 19.6. The summed E-state index contributed by atoms with van der Waals surface area (Å²) < 4.78 is 5.47. The van der Waals surface area contributed by atoms with Crippen molar-refractivity contribution in [3.63, 3.8) is 0 Å². The zero-order valence-corrected chi connectivity index (χ0v) is 20.4. The predicted octanol–water partition coefficient (Wildman–Crippen LogP) is 5.10. The number of carboxylic acids is 1. The van der Waals surface area contributed by atoms with Crippen molar-refractivity contribution in [1.82, 2.24) is 14.8 Å². The number of hydrogen-bond acceptors (Lipinski definition) is 4. The van der Waals surface area contributed by atoms with E-state index in [1.165, 1.54) is 10.9 Å². The summed E-state index contributed by atoms with van der Waals surface area (Å²) in [5, 5.41) is 12.0. The summed E-state index contributed by atoms with van der Waals surface area (Å²) in [6.45, 7) is 8.16. The number of carbonyl (C=O) groups excluding carboxylic acids is 1. The normalized spacial score (nSPS) is 20.2. The maximum absolute atomic E-state index is 12.4. The van der Waals surface area contributed by atoms with Gasteiger partial charge >= 0.3 is 12.1 Å². The number of aliphatic carboxylic acids is 1. The first-order valence-electron chi connectivity index (χ1n) is 11.8. The molecule has 0 spiro atoms. The monoisotopic (exact) mass is 475 g/mol. The van der Waals surface area contributed by atoms with Crippen LogP contribution in [-0.2, 0) is 9.53 Å². The van der Waals surface area contributed by atoms with Crippen LogP contribution >= 0.6 is 11.6 Å². The molecule has 0 radical (unpaired) electrons. The van der Waals surface area contributed by atoms with Crippen molar-refractivity contribution in [2.75, 3.05) is 26.2 Å². The topological polar surface area (TPSA) is 85.9 Å². The Balaban J connectivity index is 1.36. The number of hydrogen-bond donors (Lipinski definition) is 2. The molecule has 1 unspecified atom stereocenters. The molecule has 8 heteroatoms. The van der Waals surface area contributed by atoms with Gasteiger partial charge in [-0.25, -0.2) is 4.79 Å². The molecule has 3 heterocycles. The van der Waals surface area contributed by atoms with Crippen LogP contribution in [0, 0.1) is 5.92 Å². The molecule has 1 aromatic carbocycles. The van der Waals surface area contributed by atoms with E-state index in [0.717, 1.165) is 31.4 Å². The summed E-state index contributed by atoms with van der Waals surface area (Å²) in [4.78, 5) is 31.8. The fourth-order valence-electron chi connectivity index (χ4n) is 5.33. The Morgan fingerprint density at radius 1 is 1.12 bits per heavy atom. The van der Waals surface area contributed by atoms with Gasteiger partial charge in [0.2, 0.25) is 0 Å². The smallest absolute Gasteiger partial charge is 0.410 e. The van der Waals surface area contributed by atoms with Crippen molar-refractivity contribution in [2.24, 2.45) is 5.92 Å². The third-order valence-corrected chi connectivity index (χ3v) is 7.16. The third-order valence-electron chi connectivity index (χ3n) is 6.93. The van der Waals surface area contributed by atoms with Crippen LogP contribution in [0.5, 0.6) is 0 Å². The van der Waals surface area contributed by atoms with Crippen LogP contribution in [0.1, 0.15) is 57.9 Å². The number of likely N-dealkylation sites (tertiary alicyclic amines) is 2. The number of halogens is 1. The number of aromatic nitrogens is 1. The van der Waals surface area contributed by atoms with E-state index >= 15 is 0 Å². The Morgan fingerprint density at radius 2 is 1.79 bits per heavy atom. The first kappa shape index (κ1) is 23.9. The lowest BCUT2D eigenvalue weighted by molar-refractivity contribution is -0.147. The Morgan fingerprint density at radius 3 is 2.39 bits per heavy atom. The van der Waals surface area contributed by atoms with Gasteiger partial charge in [0.05, 0.1) is 0 Å². The Bertz CT molecular complexity index is 999. The molecule has 2 aliphatic heterocycles. The standard InChI is InChI=1S/C25H34ClN3O4/c1-25(2,3)33-24(32)29-12-8-17(9-13-29)22(23(30)31)28-10-6-16(7-11-28)20-15-27-21-14-18(26)4-5-19(20)21/h4-5,14-17,22,27H,6-13H2,1-3H3,(H,30,31). The van der Waals surface area contributed by atoms with Crippen molar-refractivity contribution < 1.29 is 19.4 Å². The van der Waals surface area contributed by atoms with E-state index in [-0.39, 0.29) is 12.0 Å². The molecule has 1 amide bonds. The van der Waals surface area contributed by atoms with E-state index in [4.69, 9.17) is 16.3 Å². The Kier molecular flexibility index (Phi) is 6.91. The highest BCUT2D eigenvalue weighted by Gasteiger charge is 2.39. The van der Waals surface area contributed by atoms with Gasteiger partial charge in [-0.15, -0.1) is 0 Å². The number of aromatic amines is 1. The Labute approximate surface area is 200 Å². The zero-order chi connectivity index (χ0) is 23.8. The molecule has 0 aliphatic carbocycles. The number of nitrogens with one attached hydrogen (secondary N) is 1. The van der Waals surface area contributed by atoms with Gasteiger partial charge in [-0.1, -0.05) is 17.7 Å². The van der Waals surface area contributed by atoms with Crippen LogP contribution in [0.15, 0.2) is 24.4 Å². The second kappa shape index (κ2) is 9.55. The third kappa shape index (κ3) is 5.46. The quantitative estimate of drug-likeness (QED) is 0.642. The van der Waals surface area contributed by atoms with Gasteiger partial charge in [-0.05, 0) is 89.1 Å². The average molecular weight is 476 g/mol. The molecule has 2 fully saturated rings. The van der Waals surface area contributed by atoms with E-state index in [1.807, 2.05) is 32.9 Å². The van der Waals surface area contributed by atoms with Crippen LogP contribution in [-0.4, -0.2) is 69.8 Å². The molecule has 0 saturated carbocycles. The lowest BCUT2D eigenvalue weighted by Crippen LogP contribution is -2.52. The van der Waals surface area contributed by atoms with Crippen LogP contribution in [0.25, 0.3) is 10.9 Å². The maximum atomic E-state index is 12.4. The average Bonchev–Trinajstić information content (AvgIpc) is 3.16. The largest absolute Gasteiger partial charge is 0.480 e. The molecule has 0 bridgehead atoms. The number of carboxylic acid groups (broad SMARTS) is 1. The summed E-state index contributed by atoms with van der Waals surface area (Å²) in [7, 11) is 0. The number of H-pyrrole nitrogens is 1. The summed E-state index contributed by atoms with van der Waals surface area (Å²) in [6, 6.07) is 5.42. The molecule has 2 aromatic rings. The van der Waals surface area contributed by atoms with Gasteiger partial charge < -0.3 is 19.7 Å². The van der Waals surface area contributed by atoms with Gasteiger partial charge in [0.1, 0.15) is 11.6 Å². The predicted molar refractivity (Wildman–Crippen MR) is 129 cm³/mol. The van der Waals surface area contributed by atoms with Gasteiger partial charge in [0.15, 0.2) is 0 Å². The number of rotatable bonds is 4. The summed E-state index contributed by atoms with van der Waals surface area (Å²) in [6.07, 6.45) is 4.97. The molecule has 4 rings (SSSR count). The fourth-order valence-corrected chi connectivity index (χ4v) is 5.50. The van der Waals surface area contributed by atoms with Crippen LogP contribution in [0.2, 0.25) is 5.02 Å². The number of amides is 1. The number of piperidine rings is 2. The van der Waals surface area contributed by atoms with E-state index in [9.17, 15) is 14.7 Å². The maximum Gasteiger partial charge on any atom is 0.410 e. The highest BCUT2D eigenvalue weighted by atomic mass is 35.5. The second-order valence-corrected chi connectivity index (χ2v) is 10.8. The van der Waals surface area contributed by atoms with Gasteiger partial charge in [0.25, 0.3) is 0 Å². The second-order valence-electron chi connectivity index (χ2n) is 10.3. The number of nitrogens with zero attached hydrogens (tertiary/aromatic N) is 2. The van der Waals surface area contributed by atoms with Crippen LogP contribution < -0.4 is 0 Å². The van der Waals surface area contributed by atoms with Gasteiger partial charge in [-0.3, -0.25) is 9.69 Å². The molecule has 33 heavy (non-hydrogen) atoms. The minimum atomic E-state index is -0.758.